The lowest BCUT2D eigenvalue weighted by atomic mass is 9.44. The summed E-state index contributed by atoms with van der Waals surface area (Å²) in [4.78, 5) is 0. The molecule has 9 aliphatic rings. The minimum atomic E-state index is -1.82. The molecule has 350 valence electrons. The molecule has 0 amide bonds. The fourth-order valence-corrected chi connectivity index (χ4v) is 14.4. The molecule has 0 bridgehead atoms. The van der Waals surface area contributed by atoms with E-state index >= 15 is 0 Å². The van der Waals surface area contributed by atoms with E-state index in [0.717, 1.165) is 51.6 Å². The molecule has 17 heteroatoms. The van der Waals surface area contributed by atoms with Gasteiger partial charge in [0, 0.05) is 12.3 Å². The summed E-state index contributed by atoms with van der Waals surface area (Å²) in [6.07, 6.45) is -11.8. The zero-order chi connectivity index (χ0) is 43.3. The third kappa shape index (κ3) is 7.58. The maximum atomic E-state index is 11.5. The Hall–Kier alpha value is -0.680. The molecule has 0 aromatic carbocycles. The Labute approximate surface area is 357 Å². The van der Waals surface area contributed by atoms with E-state index in [1.54, 1.807) is 0 Å². The van der Waals surface area contributed by atoms with Gasteiger partial charge in [-0.25, -0.2) is 0 Å². The van der Waals surface area contributed by atoms with Crippen molar-refractivity contribution in [3.05, 3.63) is 0 Å². The van der Waals surface area contributed by atoms with Gasteiger partial charge in [0.1, 0.15) is 67.1 Å². The molecule has 5 saturated heterocycles. The lowest BCUT2D eigenvalue weighted by Crippen LogP contribution is -2.67. The smallest absolute Gasteiger partial charge is 0.187 e. The zero-order valence-corrected chi connectivity index (χ0v) is 36.0. The predicted molar refractivity (Wildman–Crippen MR) is 210 cm³/mol. The summed E-state index contributed by atoms with van der Waals surface area (Å²) in [6, 6.07) is 0. The molecular formula is C44H72O17. The second kappa shape index (κ2) is 17.2. The van der Waals surface area contributed by atoms with Crippen LogP contribution in [-0.2, 0) is 37.9 Å². The molecule has 17 nitrogen and oxygen atoms in total. The van der Waals surface area contributed by atoms with Crippen LogP contribution < -0.4 is 0 Å². The highest BCUT2D eigenvalue weighted by molar-refractivity contribution is 5.15. The normalized spacial score (nSPS) is 58.5. The van der Waals surface area contributed by atoms with Gasteiger partial charge in [-0.1, -0.05) is 27.7 Å². The van der Waals surface area contributed by atoms with Crippen LogP contribution in [0.2, 0.25) is 0 Å². The summed E-state index contributed by atoms with van der Waals surface area (Å²) in [7, 11) is 0. The van der Waals surface area contributed by atoms with Gasteiger partial charge in [-0.2, -0.15) is 0 Å². The summed E-state index contributed by atoms with van der Waals surface area (Å²) < 4.78 is 50.0. The van der Waals surface area contributed by atoms with Crippen LogP contribution in [0.3, 0.4) is 0 Å². The van der Waals surface area contributed by atoms with Crippen molar-refractivity contribution in [1.82, 2.24) is 0 Å². The molecule has 26 atom stereocenters. The first-order chi connectivity index (χ1) is 29.0. The maximum absolute atomic E-state index is 11.5. The van der Waals surface area contributed by atoms with Crippen LogP contribution in [-0.4, -0.2) is 176 Å². The van der Waals surface area contributed by atoms with Gasteiger partial charge < -0.3 is 83.9 Å². The molecule has 0 unspecified atom stereocenters. The highest BCUT2D eigenvalue weighted by Crippen LogP contribution is 2.71. The van der Waals surface area contributed by atoms with Gasteiger partial charge in [0.15, 0.2) is 24.7 Å². The Balaban J connectivity index is 0.917. The van der Waals surface area contributed by atoms with E-state index in [9.17, 15) is 46.0 Å². The second-order valence-corrected chi connectivity index (χ2v) is 21.1. The number of aliphatic hydroxyl groups is 9. The van der Waals surface area contributed by atoms with Gasteiger partial charge in [-0.15, -0.1) is 0 Å². The Bertz CT molecular complexity index is 1520. The number of hydrogen-bond acceptors (Lipinski definition) is 17. The topological polar surface area (TPSA) is 256 Å². The van der Waals surface area contributed by atoms with Crippen LogP contribution in [0.1, 0.15) is 91.9 Å². The molecule has 5 heterocycles. The maximum Gasteiger partial charge on any atom is 0.187 e. The van der Waals surface area contributed by atoms with E-state index < -0.39 is 112 Å². The van der Waals surface area contributed by atoms with Crippen LogP contribution in [0, 0.1) is 52.3 Å². The predicted octanol–water partition coefficient (Wildman–Crippen LogP) is -0.0945. The lowest BCUT2D eigenvalue weighted by molar-refractivity contribution is -0.392. The zero-order valence-electron chi connectivity index (χ0n) is 36.0. The van der Waals surface area contributed by atoms with Gasteiger partial charge in [-0.05, 0) is 104 Å². The van der Waals surface area contributed by atoms with Crippen molar-refractivity contribution in [2.75, 3.05) is 26.4 Å². The van der Waals surface area contributed by atoms with E-state index in [4.69, 9.17) is 37.9 Å². The molecule has 0 aromatic rings. The lowest BCUT2D eigenvalue weighted by Gasteiger charge is -2.61. The highest BCUT2D eigenvalue weighted by Gasteiger charge is 2.69. The summed E-state index contributed by atoms with van der Waals surface area (Å²) >= 11 is 0. The van der Waals surface area contributed by atoms with Crippen LogP contribution in [0.4, 0.5) is 0 Å². The van der Waals surface area contributed by atoms with E-state index in [2.05, 4.69) is 27.7 Å². The summed E-state index contributed by atoms with van der Waals surface area (Å²) in [5.41, 5.74) is 0.301. The molecule has 4 aliphatic carbocycles. The van der Waals surface area contributed by atoms with Crippen molar-refractivity contribution in [3.63, 3.8) is 0 Å². The summed E-state index contributed by atoms with van der Waals surface area (Å²) in [5.74, 6) is 3.12. The molecule has 9 N–H and O–H groups in total. The van der Waals surface area contributed by atoms with E-state index in [0.29, 0.717) is 47.8 Å². The van der Waals surface area contributed by atoms with Crippen molar-refractivity contribution < 1.29 is 83.9 Å². The first-order valence-corrected chi connectivity index (χ1v) is 23.2. The number of ether oxygens (including phenoxy) is 8. The molecule has 4 saturated carbocycles. The van der Waals surface area contributed by atoms with Crippen molar-refractivity contribution in [1.29, 1.82) is 0 Å². The van der Waals surface area contributed by atoms with Crippen LogP contribution in [0.25, 0.3) is 0 Å². The Morgan fingerprint density at radius 3 is 2.02 bits per heavy atom. The number of aliphatic hydroxyl groups excluding tert-OH is 9. The minimum Gasteiger partial charge on any atom is -0.394 e. The second-order valence-electron chi connectivity index (χ2n) is 21.1. The van der Waals surface area contributed by atoms with E-state index in [1.807, 2.05) is 0 Å². The van der Waals surface area contributed by atoms with Crippen LogP contribution >= 0.6 is 0 Å². The SMILES string of the molecule is C[C@@H]1CC[C@@]2(OC1)O[C@H]1C[C@H]3[C@@H]4CC[C@@H]5C[C@@H](O[C@@H]6O[C@H](CO)[C@@H](O)[C@H](O[C@@H]7OC[C@@H](O)[C@H](O)[C@H]7O)[C@H]6O[C@@H]6O[C@H](CO)[C@@H](O)[C@H](O)[C@H]6O)CC[C@]5(C)[C@H]4CC[C@]3(C)[C@H]1[C@@H]2C. The average Bonchev–Trinajstić information content (AvgIpc) is 3.69. The number of fused-ring (bicyclic) bond motifs is 7. The van der Waals surface area contributed by atoms with Gasteiger partial charge in [0.2, 0.25) is 0 Å². The Morgan fingerprint density at radius 1 is 0.607 bits per heavy atom. The first-order valence-electron chi connectivity index (χ1n) is 23.2. The molecule has 0 radical (unpaired) electrons. The number of hydrogen-bond donors (Lipinski definition) is 9. The summed E-state index contributed by atoms with van der Waals surface area (Å²) in [6.45, 7) is 8.68. The first kappa shape index (κ1) is 45.5. The monoisotopic (exact) mass is 872 g/mol. The molecule has 9 rings (SSSR count). The van der Waals surface area contributed by atoms with Crippen molar-refractivity contribution in [3.8, 4) is 0 Å². The van der Waals surface area contributed by atoms with Gasteiger partial charge in [-0.3, -0.25) is 0 Å². The average molecular weight is 873 g/mol. The Kier molecular flexibility index (Phi) is 12.8. The third-order valence-corrected chi connectivity index (χ3v) is 17.9. The van der Waals surface area contributed by atoms with Crippen molar-refractivity contribution in [2.24, 2.45) is 52.3 Å². The van der Waals surface area contributed by atoms with Gasteiger partial charge in [0.25, 0.3) is 0 Å². The van der Waals surface area contributed by atoms with E-state index in [-0.39, 0.29) is 23.0 Å². The van der Waals surface area contributed by atoms with Crippen LogP contribution in [0.15, 0.2) is 0 Å². The van der Waals surface area contributed by atoms with Crippen LogP contribution in [0.5, 0.6) is 0 Å². The fraction of sp³-hybridized carbons (Fsp3) is 1.00. The molecule has 61 heavy (non-hydrogen) atoms. The highest BCUT2D eigenvalue weighted by atomic mass is 16.8. The molecule has 0 aromatic heterocycles. The fourth-order valence-electron chi connectivity index (χ4n) is 14.4. The summed E-state index contributed by atoms with van der Waals surface area (Å²) in [5, 5.41) is 95.1. The number of rotatable bonds is 8. The Morgan fingerprint density at radius 2 is 1.30 bits per heavy atom. The van der Waals surface area contributed by atoms with Crippen molar-refractivity contribution in [2.45, 2.75) is 196 Å². The molecular weight excluding hydrogens is 800 g/mol. The molecule has 1 spiro atoms. The van der Waals surface area contributed by atoms with Crippen molar-refractivity contribution >= 4 is 0 Å². The third-order valence-electron chi connectivity index (χ3n) is 17.9. The quantitative estimate of drug-likeness (QED) is 0.145. The van der Waals surface area contributed by atoms with E-state index in [1.165, 1.54) is 12.8 Å². The largest absolute Gasteiger partial charge is 0.394 e. The molecule has 5 aliphatic heterocycles. The molecule has 9 fully saturated rings. The van der Waals surface area contributed by atoms with Gasteiger partial charge in [0.05, 0.1) is 38.6 Å². The minimum absolute atomic E-state index is 0.0904. The van der Waals surface area contributed by atoms with Gasteiger partial charge >= 0.3 is 0 Å². The standard InChI is InChI=1S/C44H72O17/c1-19-7-12-44(55-17-19)20(2)30-27(61-44)14-25-23-6-5-21-13-22(8-10-42(21,3)24(23)9-11-43(25,30)4)56-41-38(60-40-36(53)34(51)32(49)28(15-45)57-40)37(33(50)29(16-46)58-41)59-39-35(52)31(48)26(47)18-54-39/h19-41,45-53H,5-18H2,1-4H3/t19-,20+,21-,22+,23-,24+,25+,26-,27+,28-,29-,30+,31+,32-,33-,34+,35-,36-,37+,38-,39+,40+,41-,42+,43+,44-/m1/s1.